The highest BCUT2D eigenvalue weighted by molar-refractivity contribution is 5.81. The standard InChI is InChI=1S/C12H11N3O2/c13-15-14-8-11(9-4-2-1-3-5-9)17-12(16)10-6-7-10/h1-5,8,10H,6-7H2/b11-8-. The van der Waals surface area contributed by atoms with Crippen molar-refractivity contribution in [2.75, 3.05) is 0 Å². The SMILES string of the molecule is [N-]=[N+]=N/C=C(\OC(=O)C1CC1)c1ccccc1. The van der Waals surface area contributed by atoms with Gasteiger partial charge in [0.05, 0.1) is 5.92 Å². The monoisotopic (exact) mass is 229 g/mol. The summed E-state index contributed by atoms with van der Waals surface area (Å²) < 4.78 is 5.22. The topological polar surface area (TPSA) is 75.1 Å². The van der Waals surface area contributed by atoms with Crippen molar-refractivity contribution in [2.45, 2.75) is 12.8 Å². The highest BCUT2D eigenvalue weighted by atomic mass is 16.5. The van der Waals surface area contributed by atoms with Gasteiger partial charge in [-0.25, -0.2) is 0 Å². The first-order valence-electron chi connectivity index (χ1n) is 5.33. The van der Waals surface area contributed by atoms with Gasteiger partial charge in [-0.15, -0.1) is 0 Å². The Balaban J connectivity index is 2.19. The van der Waals surface area contributed by atoms with Crippen molar-refractivity contribution < 1.29 is 9.53 Å². The third kappa shape index (κ3) is 3.09. The number of nitrogens with zero attached hydrogens (tertiary/aromatic N) is 3. The van der Waals surface area contributed by atoms with Gasteiger partial charge in [0.15, 0.2) is 0 Å². The Kier molecular flexibility index (Phi) is 3.43. The summed E-state index contributed by atoms with van der Waals surface area (Å²) in [6.45, 7) is 0. The minimum absolute atomic E-state index is 0.00757. The summed E-state index contributed by atoms with van der Waals surface area (Å²) in [5, 5.41) is 3.32. The van der Waals surface area contributed by atoms with Crippen LogP contribution >= 0.6 is 0 Å². The number of ether oxygens (including phenoxy) is 1. The molecule has 0 heterocycles. The van der Waals surface area contributed by atoms with Crippen LogP contribution in [0.1, 0.15) is 18.4 Å². The molecule has 1 aliphatic rings. The van der Waals surface area contributed by atoms with E-state index < -0.39 is 0 Å². The highest BCUT2D eigenvalue weighted by Crippen LogP contribution is 2.32. The summed E-state index contributed by atoms with van der Waals surface area (Å²) in [5.74, 6) is 0.0433. The first kappa shape index (κ1) is 11.2. The lowest BCUT2D eigenvalue weighted by Crippen LogP contribution is -2.05. The number of azide groups is 1. The number of esters is 1. The third-order valence-electron chi connectivity index (χ3n) is 2.41. The number of carbonyl (C=O) groups is 1. The normalized spacial score (nSPS) is 14.9. The van der Waals surface area contributed by atoms with E-state index in [-0.39, 0.29) is 11.9 Å². The van der Waals surface area contributed by atoms with Crippen molar-refractivity contribution in [2.24, 2.45) is 11.0 Å². The van der Waals surface area contributed by atoms with Gasteiger partial charge >= 0.3 is 5.97 Å². The molecule has 0 radical (unpaired) electrons. The van der Waals surface area contributed by atoms with E-state index in [1.54, 1.807) is 12.1 Å². The van der Waals surface area contributed by atoms with Crippen LogP contribution in [-0.2, 0) is 9.53 Å². The second-order valence-corrected chi connectivity index (χ2v) is 3.76. The first-order valence-corrected chi connectivity index (χ1v) is 5.33. The fraction of sp³-hybridized carbons (Fsp3) is 0.250. The molecular weight excluding hydrogens is 218 g/mol. The van der Waals surface area contributed by atoms with E-state index in [2.05, 4.69) is 10.0 Å². The van der Waals surface area contributed by atoms with Gasteiger partial charge in [-0.3, -0.25) is 4.79 Å². The van der Waals surface area contributed by atoms with Crippen LogP contribution in [0.15, 0.2) is 41.6 Å². The molecule has 1 aromatic rings. The molecule has 1 fully saturated rings. The van der Waals surface area contributed by atoms with Gasteiger partial charge in [0, 0.05) is 16.7 Å². The van der Waals surface area contributed by atoms with Gasteiger partial charge in [0.25, 0.3) is 0 Å². The molecule has 0 amide bonds. The fourth-order valence-electron chi connectivity index (χ4n) is 1.35. The van der Waals surface area contributed by atoms with Crippen molar-refractivity contribution in [1.29, 1.82) is 0 Å². The lowest BCUT2D eigenvalue weighted by Gasteiger charge is -2.07. The molecule has 1 saturated carbocycles. The second kappa shape index (κ2) is 5.18. The van der Waals surface area contributed by atoms with Crippen LogP contribution in [0.2, 0.25) is 0 Å². The van der Waals surface area contributed by atoms with Crippen molar-refractivity contribution in [1.82, 2.24) is 0 Å². The maximum Gasteiger partial charge on any atom is 0.314 e. The lowest BCUT2D eigenvalue weighted by molar-refractivity contribution is -0.138. The van der Waals surface area contributed by atoms with Crippen molar-refractivity contribution >= 4 is 11.7 Å². The van der Waals surface area contributed by atoms with Gasteiger partial charge < -0.3 is 4.74 Å². The molecule has 0 spiro atoms. The second-order valence-electron chi connectivity index (χ2n) is 3.76. The van der Waals surface area contributed by atoms with Gasteiger partial charge in [-0.05, 0) is 18.4 Å². The van der Waals surface area contributed by atoms with Crippen molar-refractivity contribution in [3.63, 3.8) is 0 Å². The Morgan fingerprint density at radius 2 is 2.12 bits per heavy atom. The quantitative estimate of drug-likeness (QED) is 0.261. The molecule has 0 aromatic heterocycles. The number of rotatable bonds is 4. The minimum atomic E-state index is -0.256. The van der Waals surface area contributed by atoms with Gasteiger partial charge in [-0.2, -0.15) is 0 Å². The molecule has 5 nitrogen and oxygen atoms in total. The molecule has 0 saturated heterocycles. The highest BCUT2D eigenvalue weighted by Gasteiger charge is 2.32. The molecule has 0 aliphatic heterocycles. The Labute approximate surface area is 98.3 Å². The molecule has 2 rings (SSSR count). The molecule has 1 aromatic carbocycles. The van der Waals surface area contributed by atoms with E-state index in [1.807, 2.05) is 18.2 Å². The van der Waals surface area contributed by atoms with Crippen LogP contribution in [0.5, 0.6) is 0 Å². The molecule has 5 heteroatoms. The van der Waals surface area contributed by atoms with Crippen LogP contribution in [-0.4, -0.2) is 5.97 Å². The molecule has 0 N–H and O–H groups in total. The largest absolute Gasteiger partial charge is 0.426 e. The number of benzene rings is 1. The predicted octanol–water partition coefficient (Wildman–Crippen LogP) is 3.25. The fourth-order valence-corrected chi connectivity index (χ4v) is 1.35. The smallest absolute Gasteiger partial charge is 0.314 e. The van der Waals surface area contributed by atoms with Gasteiger partial charge in [0.1, 0.15) is 5.76 Å². The zero-order chi connectivity index (χ0) is 12.1. The van der Waals surface area contributed by atoms with E-state index in [4.69, 9.17) is 10.3 Å². The van der Waals surface area contributed by atoms with Crippen LogP contribution in [0.3, 0.4) is 0 Å². The molecule has 17 heavy (non-hydrogen) atoms. The number of hydrogen-bond acceptors (Lipinski definition) is 3. The Morgan fingerprint density at radius 3 is 2.71 bits per heavy atom. The third-order valence-corrected chi connectivity index (χ3v) is 2.41. The molecular formula is C12H11N3O2. The number of carbonyl (C=O) groups excluding carboxylic acids is 1. The zero-order valence-electron chi connectivity index (χ0n) is 9.11. The van der Waals surface area contributed by atoms with Crippen LogP contribution < -0.4 is 0 Å². The van der Waals surface area contributed by atoms with E-state index in [9.17, 15) is 4.79 Å². The van der Waals surface area contributed by atoms with E-state index in [0.717, 1.165) is 12.8 Å². The molecule has 0 atom stereocenters. The summed E-state index contributed by atoms with van der Waals surface area (Å²) >= 11 is 0. The van der Waals surface area contributed by atoms with E-state index in [1.165, 1.54) is 6.20 Å². The van der Waals surface area contributed by atoms with Crippen LogP contribution in [0.25, 0.3) is 16.2 Å². The molecule has 0 unspecified atom stereocenters. The summed E-state index contributed by atoms with van der Waals surface area (Å²) in [7, 11) is 0. The van der Waals surface area contributed by atoms with E-state index >= 15 is 0 Å². The summed E-state index contributed by atoms with van der Waals surface area (Å²) in [6, 6.07) is 9.09. The predicted molar refractivity (Wildman–Crippen MR) is 62.4 cm³/mol. The van der Waals surface area contributed by atoms with Crippen LogP contribution in [0, 0.1) is 5.92 Å². The summed E-state index contributed by atoms with van der Waals surface area (Å²) in [6.07, 6.45) is 2.97. The van der Waals surface area contributed by atoms with Gasteiger partial charge in [0.2, 0.25) is 0 Å². The average molecular weight is 229 g/mol. The number of hydrogen-bond donors (Lipinski definition) is 0. The Bertz CT molecular complexity index is 486. The average Bonchev–Trinajstić information content (AvgIpc) is 3.19. The molecule has 1 aliphatic carbocycles. The Hall–Kier alpha value is -2.26. The minimum Gasteiger partial charge on any atom is -0.426 e. The van der Waals surface area contributed by atoms with Crippen molar-refractivity contribution in [3.8, 4) is 0 Å². The molecule has 0 bridgehead atoms. The van der Waals surface area contributed by atoms with E-state index in [0.29, 0.717) is 11.3 Å². The maximum absolute atomic E-state index is 11.6. The van der Waals surface area contributed by atoms with Crippen LogP contribution in [0.4, 0.5) is 0 Å². The van der Waals surface area contributed by atoms with Gasteiger partial charge in [-0.1, -0.05) is 35.4 Å². The maximum atomic E-state index is 11.6. The zero-order valence-corrected chi connectivity index (χ0v) is 9.11. The lowest BCUT2D eigenvalue weighted by atomic mass is 10.2. The molecule has 86 valence electrons. The first-order chi connectivity index (χ1) is 8.31. The summed E-state index contributed by atoms with van der Waals surface area (Å²) in [5.41, 5.74) is 9.01. The van der Waals surface area contributed by atoms with Crippen molar-refractivity contribution in [3.05, 3.63) is 52.5 Å². The summed E-state index contributed by atoms with van der Waals surface area (Å²) in [4.78, 5) is 14.2. The Morgan fingerprint density at radius 1 is 1.41 bits per heavy atom.